The molecular formula is C13H14N4O2. The van der Waals surface area contributed by atoms with Crippen molar-refractivity contribution in [1.29, 1.82) is 0 Å². The second-order valence-corrected chi connectivity index (χ2v) is 4.79. The largest absolute Gasteiger partial charge is 0.344 e. The number of nitrogens with zero attached hydrogens (tertiary/aromatic N) is 4. The summed E-state index contributed by atoms with van der Waals surface area (Å²) in [6.07, 6.45) is 4.28. The third kappa shape index (κ3) is 1.99. The molecular weight excluding hydrogens is 244 g/mol. The van der Waals surface area contributed by atoms with Gasteiger partial charge in [-0.15, -0.1) is 0 Å². The molecule has 1 amide bonds. The lowest BCUT2D eigenvalue weighted by atomic mass is 10.1. The van der Waals surface area contributed by atoms with Crippen LogP contribution in [0.15, 0.2) is 29.5 Å². The summed E-state index contributed by atoms with van der Waals surface area (Å²) in [5, 5.41) is 0. The smallest absolute Gasteiger partial charge is 0.280 e. The van der Waals surface area contributed by atoms with Gasteiger partial charge in [-0.25, -0.2) is 9.97 Å². The van der Waals surface area contributed by atoms with E-state index >= 15 is 0 Å². The van der Waals surface area contributed by atoms with Crippen molar-refractivity contribution >= 4 is 16.9 Å². The van der Waals surface area contributed by atoms with Gasteiger partial charge < -0.3 is 4.90 Å². The minimum absolute atomic E-state index is 0.0193. The molecule has 1 aliphatic heterocycles. The van der Waals surface area contributed by atoms with Crippen LogP contribution in [-0.2, 0) is 4.79 Å². The zero-order valence-corrected chi connectivity index (χ0v) is 10.6. The van der Waals surface area contributed by atoms with Crippen molar-refractivity contribution in [2.45, 2.75) is 18.9 Å². The first kappa shape index (κ1) is 11.8. The van der Waals surface area contributed by atoms with Crippen LogP contribution in [0.1, 0.15) is 18.9 Å². The molecule has 1 saturated heterocycles. The van der Waals surface area contributed by atoms with E-state index in [2.05, 4.69) is 9.97 Å². The number of fused-ring (bicyclic) bond motifs is 1. The summed E-state index contributed by atoms with van der Waals surface area (Å²) in [6.45, 7) is 0.540. The lowest BCUT2D eigenvalue weighted by Gasteiger charge is -2.30. The fraction of sp³-hybridized carbons (Fsp3) is 0.385. The minimum atomic E-state index is -0.140. The van der Waals surface area contributed by atoms with Gasteiger partial charge in [-0.05, 0) is 18.6 Å². The van der Waals surface area contributed by atoms with Crippen LogP contribution in [0.4, 0.5) is 0 Å². The summed E-state index contributed by atoms with van der Waals surface area (Å²) >= 11 is 0. The molecule has 98 valence electrons. The molecule has 1 unspecified atom stereocenters. The standard InChI is InChI=1S/C13H14N4O2/c1-16-7-9(4-5-11(16)18)17-8-15-10-3-2-6-14-12(10)13(17)19/h2-3,6,8-9H,4-5,7H2,1H3. The summed E-state index contributed by atoms with van der Waals surface area (Å²) in [7, 11) is 1.76. The van der Waals surface area contributed by atoms with Crippen LogP contribution in [0.25, 0.3) is 11.0 Å². The van der Waals surface area contributed by atoms with Crippen LogP contribution in [0.2, 0.25) is 0 Å². The molecule has 1 fully saturated rings. The number of rotatable bonds is 1. The van der Waals surface area contributed by atoms with E-state index in [-0.39, 0.29) is 17.5 Å². The third-order valence-electron chi connectivity index (χ3n) is 3.54. The van der Waals surface area contributed by atoms with Crippen molar-refractivity contribution in [3.8, 4) is 0 Å². The number of likely N-dealkylation sites (tertiary alicyclic amines) is 1. The Hall–Kier alpha value is -2.24. The lowest BCUT2D eigenvalue weighted by molar-refractivity contribution is -0.132. The molecule has 6 heteroatoms. The number of amides is 1. The second-order valence-electron chi connectivity index (χ2n) is 4.79. The van der Waals surface area contributed by atoms with Crippen LogP contribution in [0.3, 0.4) is 0 Å². The molecule has 0 aromatic carbocycles. The predicted molar refractivity (Wildman–Crippen MR) is 69.7 cm³/mol. The van der Waals surface area contributed by atoms with Gasteiger partial charge in [0.15, 0.2) is 5.52 Å². The quantitative estimate of drug-likeness (QED) is 0.750. The van der Waals surface area contributed by atoms with Crippen LogP contribution >= 0.6 is 0 Å². The SMILES string of the molecule is CN1CC(n2cnc3cccnc3c2=O)CCC1=O. The summed E-state index contributed by atoms with van der Waals surface area (Å²) in [5.74, 6) is 0.121. The number of carbonyl (C=O) groups is 1. The first-order valence-corrected chi connectivity index (χ1v) is 6.22. The van der Waals surface area contributed by atoms with Crippen LogP contribution in [0, 0.1) is 0 Å². The molecule has 6 nitrogen and oxygen atoms in total. The number of piperidine rings is 1. The second kappa shape index (κ2) is 4.46. The number of hydrogen-bond acceptors (Lipinski definition) is 4. The monoisotopic (exact) mass is 258 g/mol. The van der Waals surface area contributed by atoms with Gasteiger partial charge in [-0.2, -0.15) is 0 Å². The third-order valence-corrected chi connectivity index (χ3v) is 3.54. The Balaban J connectivity index is 2.04. The Morgan fingerprint density at radius 2 is 2.16 bits per heavy atom. The van der Waals surface area contributed by atoms with Crippen molar-refractivity contribution in [2.75, 3.05) is 13.6 Å². The fourth-order valence-electron chi connectivity index (χ4n) is 2.44. The summed E-state index contributed by atoms with van der Waals surface area (Å²) in [6, 6.07) is 3.51. The summed E-state index contributed by atoms with van der Waals surface area (Å²) < 4.78 is 1.60. The number of pyridine rings is 1. The van der Waals surface area contributed by atoms with Gasteiger partial charge in [-0.1, -0.05) is 0 Å². The maximum atomic E-state index is 12.4. The molecule has 0 saturated carbocycles. The van der Waals surface area contributed by atoms with Crippen LogP contribution < -0.4 is 5.56 Å². The van der Waals surface area contributed by atoms with Gasteiger partial charge >= 0.3 is 0 Å². The zero-order chi connectivity index (χ0) is 13.4. The van der Waals surface area contributed by atoms with Gasteiger partial charge in [0, 0.05) is 26.2 Å². The number of likely N-dealkylation sites (N-methyl/N-ethyl adjacent to an activating group) is 1. The highest BCUT2D eigenvalue weighted by molar-refractivity contribution is 5.76. The Kier molecular flexibility index (Phi) is 2.77. The zero-order valence-electron chi connectivity index (χ0n) is 10.6. The molecule has 0 N–H and O–H groups in total. The number of aromatic nitrogens is 3. The van der Waals surface area contributed by atoms with Crippen molar-refractivity contribution in [3.63, 3.8) is 0 Å². The Labute approximate surface area is 109 Å². The van der Waals surface area contributed by atoms with E-state index in [1.165, 1.54) is 0 Å². The average Bonchev–Trinajstić information content (AvgIpc) is 2.43. The van der Waals surface area contributed by atoms with Crippen molar-refractivity contribution in [3.05, 3.63) is 35.0 Å². The van der Waals surface area contributed by atoms with Gasteiger partial charge in [0.05, 0.1) is 17.9 Å². The first-order valence-electron chi connectivity index (χ1n) is 6.22. The lowest BCUT2D eigenvalue weighted by Crippen LogP contribution is -2.40. The van der Waals surface area contributed by atoms with Crippen molar-refractivity contribution in [2.24, 2.45) is 0 Å². The van der Waals surface area contributed by atoms with E-state index in [4.69, 9.17) is 0 Å². The van der Waals surface area contributed by atoms with E-state index in [1.54, 1.807) is 41.2 Å². The first-order chi connectivity index (χ1) is 9.16. The van der Waals surface area contributed by atoms with Gasteiger partial charge in [-0.3, -0.25) is 14.2 Å². The highest BCUT2D eigenvalue weighted by atomic mass is 16.2. The van der Waals surface area contributed by atoms with E-state index < -0.39 is 0 Å². The van der Waals surface area contributed by atoms with Crippen LogP contribution in [-0.4, -0.2) is 38.9 Å². The highest BCUT2D eigenvalue weighted by Crippen LogP contribution is 2.20. The molecule has 3 heterocycles. The molecule has 1 aliphatic rings. The number of carbonyl (C=O) groups excluding carboxylic acids is 1. The molecule has 2 aromatic rings. The molecule has 3 rings (SSSR count). The van der Waals surface area contributed by atoms with Gasteiger partial charge in [0.1, 0.15) is 0 Å². The average molecular weight is 258 g/mol. The van der Waals surface area contributed by atoms with E-state index in [0.717, 1.165) is 0 Å². The number of hydrogen-bond donors (Lipinski definition) is 0. The van der Waals surface area contributed by atoms with E-state index in [1.807, 2.05) is 0 Å². The Bertz CT molecular complexity index is 694. The Morgan fingerprint density at radius 3 is 2.95 bits per heavy atom. The topological polar surface area (TPSA) is 68.1 Å². The molecule has 19 heavy (non-hydrogen) atoms. The summed E-state index contributed by atoms with van der Waals surface area (Å²) in [4.78, 5) is 33.9. The van der Waals surface area contributed by atoms with Crippen molar-refractivity contribution in [1.82, 2.24) is 19.4 Å². The molecule has 0 spiro atoms. The predicted octanol–water partition coefficient (Wildman–Crippen LogP) is 0.585. The molecule has 0 bridgehead atoms. The summed E-state index contributed by atoms with van der Waals surface area (Å²) in [5.41, 5.74) is 0.840. The molecule has 2 aromatic heterocycles. The van der Waals surface area contributed by atoms with Gasteiger partial charge in [0.2, 0.25) is 5.91 Å². The maximum absolute atomic E-state index is 12.4. The molecule has 1 atom stereocenters. The molecule has 0 aliphatic carbocycles. The Morgan fingerprint density at radius 1 is 1.32 bits per heavy atom. The van der Waals surface area contributed by atoms with Gasteiger partial charge in [0.25, 0.3) is 5.56 Å². The van der Waals surface area contributed by atoms with E-state index in [0.29, 0.717) is 30.4 Å². The molecule has 0 radical (unpaired) electrons. The normalized spacial score (nSPS) is 19.9. The highest BCUT2D eigenvalue weighted by Gasteiger charge is 2.25. The van der Waals surface area contributed by atoms with Crippen LogP contribution in [0.5, 0.6) is 0 Å². The van der Waals surface area contributed by atoms with E-state index in [9.17, 15) is 9.59 Å². The van der Waals surface area contributed by atoms with Crippen molar-refractivity contribution < 1.29 is 4.79 Å². The maximum Gasteiger partial charge on any atom is 0.280 e. The fourth-order valence-corrected chi connectivity index (χ4v) is 2.44. The minimum Gasteiger partial charge on any atom is -0.344 e.